The summed E-state index contributed by atoms with van der Waals surface area (Å²) in [6.45, 7) is 6.23. The van der Waals surface area contributed by atoms with E-state index < -0.39 is 0 Å². The Balaban J connectivity index is 3.51. The maximum Gasteiger partial charge on any atom is 0.123 e. The molecule has 1 unspecified atom stereocenters. The first kappa shape index (κ1) is 10.4. The van der Waals surface area contributed by atoms with Crippen molar-refractivity contribution in [2.24, 2.45) is 5.92 Å². The van der Waals surface area contributed by atoms with Crippen LogP contribution < -0.4 is 0 Å². The molecule has 0 aromatic carbocycles. The SMILES string of the molecule is CCC(C=O)CCC=C(C)C. The van der Waals surface area contributed by atoms with Crippen molar-refractivity contribution in [1.82, 2.24) is 0 Å². The van der Waals surface area contributed by atoms with Crippen LogP contribution in [-0.4, -0.2) is 6.29 Å². The summed E-state index contributed by atoms with van der Waals surface area (Å²) in [5.74, 6) is 0.269. The minimum atomic E-state index is 0.269. The molecule has 0 bridgehead atoms. The second-order valence-corrected chi connectivity index (χ2v) is 3.16. The van der Waals surface area contributed by atoms with Crippen molar-refractivity contribution in [2.45, 2.75) is 40.0 Å². The zero-order valence-corrected chi connectivity index (χ0v) is 7.76. The molecule has 0 rings (SSSR count). The standard InChI is InChI=1S/C10H18O/c1-4-10(8-11)7-5-6-9(2)3/h6,8,10H,4-5,7H2,1-3H3. The number of carbonyl (C=O) groups excluding carboxylic acids is 1. The lowest BCUT2D eigenvalue weighted by Gasteiger charge is -2.03. The van der Waals surface area contributed by atoms with Crippen molar-refractivity contribution < 1.29 is 4.79 Å². The molecule has 0 heterocycles. The fraction of sp³-hybridized carbons (Fsp3) is 0.700. The van der Waals surface area contributed by atoms with Gasteiger partial charge < -0.3 is 4.79 Å². The van der Waals surface area contributed by atoms with Gasteiger partial charge in [0.05, 0.1) is 0 Å². The van der Waals surface area contributed by atoms with Crippen molar-refractivity contribution in [3.05, 3.63) is 11.6 Å². The summed E-state index contributed by atoms with van der Waals surface area (Å²) in [6, 6.07) is 0. The molecule has 0 amide bonds. The van der Waals surface area contributed by atoms with Gasteiger partial charge in [0.15, 0.2) is 0 Å². The van der Waals surface area contributed by atoms with Crippen LogP contribution in [0.3, 0.4) is 0 Å². The van der Waals surface area contributed by atoms with Crippen LogP contribution >= 0.6 is 0 Å². The normalized spacial score (nSPS) is 12.3. The largest absolute Gasteiger partial charge is 0.303 e. The molecular weight excluding hydrogens is 136 g/mol. The molecule has 0 aliphatic rings. The van der Waals surface area contributed by atoms with E-state index in [-0.39, 0.29) is 5.92 Å². The van der Waals surface area contributed by atoms with Gasteiger partial charge in [-0.15, -0.1) is 0 Å². The van der Waals surface area contributed by atoms with Gasteiger partial charge in [-0.3, -0.25) is 0 Å². The molecule has 0 aliphatic heterocycles. The fourth-order valence-electron chi connectivity index (χ4n) is 0.954. The molecule has 1 heteroatoms. The van der Waals surface area contributed by atoms with Gasteiger partial charge in [-0.05, 0) is 33.1 Å². The molecule has 64 valence electrons. The van der Waals surface area contributed by atoms with Gasteiger partial charge in [0.25, 0.3) is 0 Å². The van der Waals surface area contributed by atoms with Crippen LogP contribution in [-0.2, 0) is 4.79 Å². The molecule has 1 nitrogen and oxygen atoms in total. The van der Waals surface area contributed by atoms with E-state index in [0.717, 1.165) is 25.5 Å². The van der Waals surface area contributed by atoms with Gasteiger partial charge in [-0.2, -0.15) is 0 Å². The maximum absolute atomic E-state index is 10.4. The van der Waals surface area contributed by atoms with E-state index in [2.05, 4.69) is 26.8 Å². The summed E-state index contributed by atoms with van der Waals surface area (Å²) < 4.78 is 0. The summed E-state index contributed by atoms with van der Waals surface area (Å²) in [5, 5.41) is 0. The number of carbonyl (C=O) groups is 1. The number of rotatable bonds is 5. The third-order valence-electron chi connectivity index (χ3n) is 1.81. The second kappa shape index (κ2) is 6.14. The lowest BCUT2D eigenvalue weighted by molar-refractivity contribution is -0.111. The molecule has 0 aromatic heterocycles. The molecule has 1 atom stereocenters. The van der Waals surface area contributed by atoms with Crippen LogP contribution in [0.1, 0.15) is 40.0 Å². The first-order valence-corrected chi connectivity index (χ1v) is 4.29. The number of aldehydes is 1. The molecule has 0 fully saturated rings. The number of allylic oxidation sites excluding steroid dienone is 2. The Morgan fingerprint density at radius 2 is 2.09 bits per heavy atom. The fourth-order valence-corrected chi connectivity index (χ4v) is 0.954. The first-order chi connectivity index (χ1) is 5.20. The minimum absolute atomic E-state index is 0.269. The topological polar surface area (TPSA) is 17.1 Å². The summed E-state index contributed by atoms with van der Waals surface area (Å²) in [6.07, 6.45) is 6.27. The maximum atomic E-state index is 10.4. The van der Waals surface area contributed by atoms with Crippen LogP contribution in [0, 0.1) is 5.92 Å². The van der Waals surface area contributed by atoms with Crippen molar-refractivity contribution >= 4 is 6.29 Å². The Labute approximate surface area is 69.5 Å². The Morgan fingerprint density at radius 3 is 2.45 bits per heavy atom. The quantitative estimate of drug-likeness (QED) is 0.439. The zero-order chi connectivity index (χ0) is 8.69. The molecule has 0 aliphatic carbocycles. The molecule has 0 radical (unpaired) electrons. The van der Waals surface area contributed by atoms with Gasteiger partial charge in [-0.1, -0.05) is 18.6 Å². The van der Waals surface area contributed by atoms with Crippen molar-refractivity contribution in [2.75, 3.05) is 0 Å². The van der Waals surface area contributed by atoms with Crippen LogP contribution in [0.5, 0.6) is 0 Å². The highest BCUT2D eigenvalue weighted by Crippen LogP contribution is 2.09. The average Bonchev–Trinajstić information content (AvgIpc) is 1.98. The van der Waals surface area contributed by atoms with Crippen LogP contribution in [0.2, 0.25) is 0 Å². The number of hydrogen-bond acceptors (Lipinski definition) is 1. The van der Waals surface area contributed by atoms with E-state index in [1.807, 2.05) is 0 Å². The predicted octanol–water partition coefficient (Wildman–Crippen LogP) is 2.96. The monoisotopic (exact) mass is 154 g/mol. The predicted molar refractivity (Wildman–Crippen MR) is 48.5 cm³/mol. The summed E-state index contributed by atoms with van der Waals surface area (Å²) in [7, 11) is 0. The van der Waals surface area contributed by atoms with E-state index in [9.17, 15) is 4.79 Å². The van der Waals surface area contributed by atoms with Crippen molar-refractivity contribution in [1.29, 1.82) is 0 Å². The van der Waals surface area contributed by atoms with Crippen molar-refractivity contribution in [3.8, 4) is 0 Å². The lowest BCUT2D eigenvalue weighted by Crippen LogP contribution is -1.98. The van der Waals surface area contributed by atoms with E-state index in [0.29, 0.717) is 0 Å². The highest BCUT2D eigenvalue weighted by atomic mass is 16.1. The summed E-state index contributed by atoms with van der Waals surface area (Å²) in [4.78, 5) is 10.4. The average molecular weight is 154 g/mol. The Bertz CT molecular complexity index is 132. The molecule has 0 N–H and O–H groups in total. The third kappa shape index (κ3) is 5.84. The minimum Gasteiger partial charge on any atom is -0.303 e. The molecule has 0 aromatic rings. The van der Waals surface area contributed by atoms with Crippen LogP contribution in [0.4, 0.5) is 0 Å². The molecule has 0 spiro atoms. The molecular formula is C10H18O. The lowest BCUT2D eigenvalue weighted by atomic mass is 10.0. The summed E-state index contributed by atoms with van der Waals surface area (Å²) in [5.41, 5.74) is 1.34. The molecule has 11 heavy (non-hydrogen) atoms. The van der Waals surface area contributed by atoms with Gasteiger partial charge in [0.1, 0.15) is 6.29 Å². The second-order valence-electron chi connectivity index (χ2n) is 3.16. The van der Waals surface area contributed by atoms with Crippen molar-refractivity contribution in [3.63, 3.8) is 0 Å². The van der Waals surface area contributed by atoms with E-state index in [1.165, 1.54) is 5.57 Å². The van der Waals surface area contributed by atoms with Gasteiger partial charge in [-0.25, -0.2) is 0 Å². The molecule has 0 saturated heterocycles. The zero-order valence-electron chi connectivity index (χ0n) is 7.76. The highest BCUT2D eigenvalue weighted by Gasteiger charge is 2.01. The van der Waals surface area contributed by atoms with Crippen LogP contribution in [0.15, 0.2) is 11.6 Å². The Morgan fingerprint density at radius 1 is 1.45 bits per heavy atom. The summed E-state index contributed by atoms with van der Waals surface area (Å²) >= 11 is 0. The number of hydrogen-bond donors (Lipinski definition) is 0. The van der Waals surface area contributed by atoms with Gasteiger partial charge in [0.2, 0.25) is 0 Å². The first-order valence-electron chi connectivity index (χ1n) is 4.29. The Hall–Kier alpha value is -0.590. The van der Waals surface area contributed by atoms with E-state index in [1.54, 1.807) is 0 Å². The third-order valence-corrected chi connectivity index (χ3v) is 1.81. The van der Waals surface area contributed by atoms with E-state index in [4.69, 9.17) is 0 Å². The smallest absolute Gasteiger partial charge is 0.123 e. The van der Waals surface area contributed by atoms with Gasteiger partial charge >= 0.3 is 0 Å². The highest BCUT2D eigenvalue weighted by molar-refractivity contribution is 5.53. The van der Waals surface area contributed by atoms with Crippen LogP contribution in [0.25, 0.3) is 0 Å². The van der Waals surface area contributed by atoms with E-state index >= 15 is 0 Å². The van der Waals surface area contributed by atoms with Gasteiger partial charge in [0, 0.05) is 5.92 Å². The molecule has 0 saturated carbocycles. The Kier molecular flexibility index (Phi) is 5.81.